The van der Waals surface area contributed by atoms with Crippen LogP contribution in [0.3, 0.4) is 0 Å². The van der Waals surface area contributed by atoms with E-state index >= 15 is 0 Å². The molecule has 1 amide bonds. The first kappa shape index (κ1) is 25.5. The van der Waals surface area contributed by atoms with E-state index in [0.29, 0.717) is 47.4 Å². The molecule has 1 aromatic heterocycles. The summed E-state index contributed by atoms with van der Waals surface area (Å²) in [5.74, 6) is -0.102. The van der Waals surface area contributed by atoms with E-state index in [9.17, 15) is 22.8 Å². The molecular formula is C27H27F3N2O4S. The molecule has 37 heavy (non-hydrogen) atoms. The van der Waals surface area contributed by atoms with Gasteiger partial charge in [0.1, 0.15) is 11.9 Å². The number of alkyl halides is 3. The van der Waals surface area contributed by atoms with Gasteiger partial charge in [-0.2, -0.15) is 0 Å². The number of rotatable bonds is 8. The van der Waals surface area contributed by atoms with E-state index in [0.717, 1.165) is 41.8 Å². The number of carbonyl (C=O) groups excluding carboxylic acids is 2. The third-order valence-electron chi connectivity index (χ3n) is 7.13. The third kappa shape index (κ3) is 5.89. The number of nitrogens with zero attached hydrogens (tertiary/aromatic N) is 1. The molecule has 196 valence electrons. The van der Waals surface area contributed by atoms with Crippen LogP contribution in [0.2, 0.25) is 0 Å². The number of amides is 1. The molecule has 0 aliphatic heterocycles. The summed E-state index contributed by atoms with van der Waals surface area (Å²) in [6.45, 7) is 0.419. The summed E-state index contributed by atoms with van der Waals surface area (Å²) in [5.41, 5.74) is 1.53. The highest BCUT2D eigenvalue weighted by Crippen LogP contribution is 2.41. The summed E-state index contributed by atoms with van der Waals surface area (Å²) in [6.07, 6.45) is 2.58. The minimum atomic E-state index is -4.80. The van der Waals surface area contributed by atoms with Gasteiger partial charge in [0.2, 0.25) is 0 Å². The van der Waals surface area contributed by atoms with Crippen LogP contribution >= 0.6 is 11.3 Å². The third-order valence-corrected chi connectivity index (χ3v) is 8.26. The van der Waals surface area contributed by atoms with Gasteiger partial charge in [0.25, 0.3) is 12.4 Å². The smallest absolute Gasteiger partial charge is 0.464 e. The van der Waals surface area contributed by atoms with Gasteiger partial charge in [0, 0.05) is 29.8 Å². The summed E-state index contributed by atoms with van der Waals surface area (Å²) in [4.78, 5) is 29.1. The van der Waals surface area contributed by atoms with Gasteiger partial charge in [-0.3, -0.25) is 9.59 Å². The first-order chi connectivity index (χ1) is 17.8. The number of benzene rings is 2. The number of fused-ring (bicyclic) bond motifs is 1. The SMILES string of the molecule is O=COC1CC(NC(=O)c2nc(CC3CCCCC3)c(-c3ccc(OC(F)(F)F)c4ccccc34)s2)C1. The molecule has 10 heteroatoms. The highest BCUT2D eigenvalue weighted by Gasteiger charge is 2.34. The Morgan fingerprint density at radius 2 is 1.81 bits per heavy atom. The summed E-state index contributed by atoms with van der Waals surface area (Å²) < 4.78 is 48.2. The Balaban J connectivity index is 1.48. The van der Waals surface area contributed by atoms with Crippen LogP contribution in [0.25, 0.3) is 21.2 Å². The van der Waals surface area contributed by atoms with Crippen LogP contribution in [-0.4, -0.2) is 35.9 Å². The molecule has 2 aliphatic carbocycles. The number of carbonyl (C=O) groups is 2. The number of nitrogens with one attached hydrogen (secondary N) is 1. The van der Waals surface area contributed by atoms with Gasteiger partial charge in [0.15, 0.2) is 5.01 Å². The largest absolute Gasteiger partial charge is 0.573 e. The van der Waals surface area contributed by atoms with Crippen molar-refractivity contribution in [3.8, 4) is 16.2 Å². The lowest BCUT2D eigenvalue weighted by Crippen LogP contribution is -2.47. The Bertz CT molecular complexity index is 1280. The van der Waals surface area contributed by atoms with Gasteiger partial charge >= 0.3 is 6.36 Å². The number of halogens is 3. The first-order valence-corrected chi connectivity index (χ1v) is 13.3. The number of hydrogen-bond acceptors (Lipinski definition) is 6. The highest BCUT2D eigenvalue weighted by molar-refractivity contribution is 7.17. The van der Waals surface area contributed by atoms with E-state index in [1.807, 2.05) is 0 Å². The van der Waals surface area contributed by atoms with Crippen molar-refractivity contribution >= 4 is 34.5 Å². The van der Waals surface area contributed by atoms with Crippen molar-refractivity contribution in [3.63, 3.8) is 0 Å². The molecule has 5 rings (SSSR count). The minimum absolute atomic E-state index is 0.0915. The molecule has 0 atom stereocenters. The van der Waals surface area contributed by atoms with E-state index in [1.54, 1.807) is 30.3 Å². The van der Waals surface area contributed by atoms with Gasteiger partial charge in [-0.25, -0.2) is 4.98 Å². The van der Waals surface area contributed by atoms with Gasteiger partial charge in [-0.05, 0) is 29.9 Å². The maximum Gasteiger partial charge on any atom is 0.573 e. The number of ether oxygens (including phenoxy) is 2. The Morgan fingerprint density at radius 3 is 2.51 bits per heavy atom. The second kappa shape index (κ2) is 10.7. The second-order valence-corrected chi connectivity index (χ2v) is 10.7. The van der Waals surface area contributed by atoms with Crippen molar-refractivity contribution in [2.24, 2.45) is 5.92 Å². The Kier molecular flexibility index (Phi) is 7.37. The molecule has 2 fully saturated rings. The van der Waals surface area contributed by atoms with Crippen LogP contribution in [0.4, 0.5) is 13.2 Å². The number of hydrogen-bond donors (Lipinski definition) is 1. The molecule has 0 radical (unpaired) electrons. The van der Waals surface area contributed by atoms with Crippen LogP contribution < -0.4 is 10.1 Å². The molecule has 2 saturated carbocycles. The summed E-state index contributed by atoms with van der Waals surface area (Å²) in [6, 6.07) is 9.67. The summed E-state index contributed by atoms with van der Waals surface area (Å²) in [5, 5.41) is 4.23. The Morgan fingerprint density at radius 1 is 1.08 bits per heavy atom. The van der Waals surface area contributed by atoms with Gasteiger partial charge < -0.3 is 14.8 Å². The fourth-order valence-corrected chi connectivity index (χ4v) is 6.30. The second-order valence-electron chi connectivity index (χ2n) is 9.70. The number of thiazole rings is 1. The van der Waals surface area contributed by atoms with Crippen LogP contribution in [0.5, 0.6) is 5.75 Å². The molecule has 1 N–H and O–H groups in total. The van der Waals surface area contributed by atoms with E-state index in [1.165, 1.54) is 23.8 Å². The average Bonchev–Trinajstić information content (AvgIpc) is 3.26. The number of aromatic nitrogens is 1. The molecule has 0 spiro atoms. The maximum absolute atomic E-state index is 13.1. The highest BCUT2D eigenvalue weighted by atomic mass is 32.1. The van der Waals surface area contributed by atoms with E-state index in [4.69, 9.17) is 9.72 Å². The van der Waals surface area contributed by atoms with Crippen molar-refractivity contribution in [1.29, 1.82) is 0 Å². The van der Waals surface area contributed by atoms with Crippen molar-refractivity contribution in [3.05, 3.63) is 47.1 Å². The lowest BCUT2D eigenvalue weighted by atomic mass is 9.85. The van der Waals surface area contributed by atoms with E-state index in [-0.39, 0.29) is 23.8 Å². The molecule has 0 bridgehead atoms. The van der Waals surface area contributed by atoms with Crippen molar-refractivity contribution in [2.75, 3.05) is 0 Å². The maximum atomic E-state index is 13.1. The fourth-order valence-electron chi connectivity index (χ4n) is 5.27. The summed E-state index contributed by atoms with van der Waals surface area (Å²) >= 11 is 1.26. The molecule has 0 saturated heterocycles. The van der Waals surface area contributed by atoms with Gasteiger partial charge in [-0.1, -0.05) is 56.4 Å². The minimum Gasteiger partial charge on any atom is -0.464 e. The topological polar surface area (TPSA) is 77.5 Å². The zero-order valence-electron chi connectivity index (χ0n) is 20.1. The Hall–Kier alpha value is -3.14. The van der Waals surface area contributed by atoms with E-state index in [2.05, 4.69) is 10.1 Å². The molecular weight excluding hydrogens is 505 g/mol. The van der Waals surface area contributed by atoms with E-state index < -0.39 is 6.36 Å². The van der Waals surface area contributed by atoms with Crippen molar-refractivity contribution in [1.82, 2.24) is 10.3 Å². The zero-order chi connectivity index (χ0) is 26.0. The fraction of sp³-hybridized carbons (Fsp3) is 0.444. The zero-order valence-corrected chi connectivity index (χ0v) is 20.9. The predicted octanol–water partition coefficient (Wildman–Crippen LogP) is 6.42. The molecule has 2 aromatic carbocycles. The van der Waals surface area contributed by atoms with Crippen LogP contribution in [0.1, 0.15) is 60.4 Å². The van der Waals surface area contributed by atoms with Gasteiger partial charge in [-0.15, -0.1) is 24.5 Å². The average molecular weight is 533 g/mol. The molecule has 1 heterocycles. The van der Waals surface area contributed by atoms with Crippen LogP contribution in [0, 0.1) is 5.92 Å². The van der Waals surface area contributed by atoms with Gasteiger partial charge in [0.05, 0.1) is 10.6 Å². The van der Waals surface area contributed by atoms with Crippen molar-refractivity contribution < 1.29 is 32.2 Å². The normalized spacial score (nSPS) is 20.3. The molecule has 0 unspecified atom stereocenters. The lowest BCUT2D eigenvalue weighted by Gasteiger charge is -2.33. The standard InChI is InChI=1S/C27H27F3N2O4S/c28-27(29,30)36-23-11-10-21(19-8-4-5-9-20(19)23)24-22(12-16-6-2-1-3-7-16)32-26(37-24)25(34)31-17-13-18(14-17)35-15-33/h4-5,8-11,15-18H,1-3,6-7,12-14H2,(H,31,34). The quantitative estimate of drug-likeness (QED) is 0.339. The molecule has 3 aromatic rings. The summed E-state index contributed by atoms with van der Waals surface area (Å²) in [7, 11) is 0. The first-order valence-electron chi connectivity index (χ1n) is 12.5. The predicted molar refractivity (Wildman–Crippen MR) is 133 cm³/mol. The molecule has 6 nitrogen and oxygen atoms in total. The lowest BCUT2D eigenvalue weighted by molar-refractivity contribution is -0.274. The monoisotopic (exact) mass is 532 g/mol. The van der Waals surface area contributed by atoms with Crippen LogP contribution in [0.15, 0.2) is 36.4 Å². The van der Waals surface area contributed by atoms with Crippen molar-refractivity contribution in [2.45, 2.75) is 69.9 Å². The Labute approximate surface area is 216 Å². The van der Waals surface area contributed by atoms with Crippen LogP contribution in [-0.2, 0) is 16.0 Å². The molecule has 2 aliphatic rings.